The molecule has 1 aliphatic heterocycles. The van der Waals surface area contributed by atoms with Crippen LogP contribution in [-0.2, 0) is 0 Å². The average molecular weight is 246 g/mol. The van der Waals surface area contributed by atoms with Crippen molar-refractivity contribution in [1.82, 2.24) is 9.97 Å². The Morgan fingerprint density at radius 3 is 3.17 bits per heavy atom. The lowest BCUT2D eigenvalue weighted by molar-refractivity contribution is 0.527. The fraction of sp³-hybridized carbons (Fsp3) is 0.571. The van der Waals surface area contributed by atoms with Crippen molar-refractivity contribution in [2.24, 2.45) is 5.92 Å². The predicted molar refractivity (Wildman–Crippen MR) is 75.9 cm³/mol. The van der Waals surface area contributed by atoms with E-state index in [1.54, 1.807) is 6.33 Å². The highest BCUT2D eigenvalue weighted by Crippen LogP contribution is 2.28. The SMILES string of the molecule is C=CC(C)CC1CCCN1c1cc(NC)ncn1. The van der Waals surface area contributed by atoms with Gasteiger partial charge in [0, 0.05) is 25.7 Å². The van der Waals surface area contributed by atoms with Gasteiger partial charge in [0.2, 0.25) is 0 Å². The Labute approximate surface area is 109 Å². The molecule has 2 unspecified atom stereocenters. The van der Waals surface area contributed by atoms with Crippen molar-refractivity contribution in [1.29, 1.82) is 0 Å². The number of allylic oxidation sites excluding steroid dienone is 1. The summed E-state index contributed by atoms with van der Waals surface area (Å²) in [6.07, 6.45) is 7.32. The first-order valence-corrected chi connectivity index (χ1v) is 6.63. The Morgan fingerprint density at radius 2 is 2.44 bits per heavy atom. The quantitative estimate of drug-likeness (QED) is 0.811. The Kier molecular flexibility index (Phi) is 4.18. The van der Waals surface area contributed by atoms with E-state index in [4.69, 9.17) is 0 Å². The number of hydrogen-bond acceptors (Lipinski definition) is 4. The lowest BCUT2D eigenvalue weighted by Gasteiger charge is -2.27. The van der Waals surface area contributed by atoms with Crippen molar-refractivity contribution in [2.75, 3.05) is 23.8 Å². The molecule has 2 heterocycles. The summed E-state index contributed by atoms with van der Waals surface area (Å²) >= 11 is 0. The van der Waals surface area contributed by atoms with E-state index in [1.807, 2.05) is 19.2 Å². The molecule has 18 heavy (non-hydrogen) atoms. The summed E-state index contributed by atoms with van der Waals surface area (Å²) in [6, 6.07) is 2.61. The zero-order valence-electron chi connectivity index (χ0n) is 11.3. The molecule has 1 fully saturated rings. The largest absolute Gasteiger partial charge is 0.373 e. The Hall–Kier alpha value is -1.58. The lowest BCUT2D eigenvalue weighted by atomic mass is 10.0. The Balaban J connectivity index is 2.12. The molecule has 1 N–H and O–H groups in total. The summed E-state index contributed by atoms with van der Waals surface area (Å²) in [4.78, 5) is 11.0. The number of aromatic nitrogens is 2. The fourth-order valence-electron chi connectivity index (χ4n) is 2.55. The van der Waals surface area contributed by atoms with Gasteiger partial charge in [-0.2, -0.15) is 0 Å². The van der Waals surface area contributed by atoms with Crippen molar-refractivity contribution < 1.29 is 0 Å². The van der Waals surface area contributed by atoms with E-state index in [9.17, 15) is 0 Å². The molecule has 4 nitrogen and oxygen atoms in total. The molecule has 0 bridgehead atoms. The Bertz CT molecular complexity index is 405. The van der Waals surface area contributed by atoms with E-state index in [1.165, 1.54) is 12.8 Å². The third-order valence-corrected chi connectivity index (χ3v) is 3.63. The number of hydrogen-bond donors (Lipinski definition) is 1. The molecular formula is C14H22N4. The first kappa shape index (κ1) is 12.9. The third kappa shape index (κ3) is 2.81. The van der Waals surface area contributed by atoms with Crippen LogP contribution in [0.25, 0.3) is 0 Å². The maximum absolute atomic E-state index is 4.40. The molecule has 1 saturated heterocycles. The van der Waals surface area contributed by atoms with Crippen LogP contribution in [0, 0.1) is 5.92 Å². The van der Waals surface area contributed by atoms with E-state index in [0.29, 0.717) is 12.0 Å². The van der Waals surface area contributed by atoms with E-state index in [0.717, 1.165) is 24.6 Å². The van der Waals surface area contributed by atoms with E-state index in [-0.39, 0.29) is 0 Å². The first-order valence-electron chi connectivity index (χ1n) is 6.63. The standard InChI is InChI=1S/C14H22N4/c1-4-11(2)8-12-6-5-7-18(12)14-9-13(15-3)16-10-17-14/h4,9-12H,1,5-8H2,2-3H3,(H,15,16,17). The van der Waals surface area contributed by atoms with Crippen molar-refractivity contribution in [2.45, 2.75) is 32.2 Å². The van der Waals surface area contributed by atoms with E-state index < -0.39 is 0 Å². The minimum absolute atomic E-state index is 0.557. The van der Waals surface area contributed by atoms with Gasteiger partial charge in [0.1, 0.15) is 18.0 Å². The van der Waals surface area contributed by atoms with Crippen molar-refractivity contribution in [3.8, 4) is 0 Å². The fourth-order valence-corrected chi connectivity index (χ4v) is 2.55. The van der Waals surface area contributed by atoms with Gasteiger partial charge in [-0.1, -0.05) is 13.0 Å². The molecule has 0 aliphatic carbocycles. The highest BCUT2D eigenvalue weighted by molar-refractivity contribution is 5.49. The van der Waals surface area contributed by atoms with Gasteiger partial charge < -0.3 is 10.2 Å². The minimum Gasteiger partial charge on any atom is -0.373 e. The van der Waals surface area contributed by atoms with Gasteiger partial charge in [0.05, 0.1) is 0 Å². The third-order valence-electron chi connectivity index (χ3n) is 3.63. The zero-order valence-corrected chi connectivity index (χ0v) is 11.3. The molecule has 2 atom stereocenters. The van der Waals surface area contributed by atoms with Gasteiger partial charge in [0.15, 0.2) is 0 Å². The summed E-state index contributed by atoms with van der Waals surface area (Å²) in [6.45, 7) is 7.19. The summed E-state index contributed by atoms with van der Waals surface area (Å²) in [5.41, 5.74) is 0. The van der Waals surface area contributed by atoms with Crippen molar-refractivity contribution in [3.63, 3.8) is 0 Å². The van der Waals surface area contributed by atoms with E-state index in [2.05, 4.69) is 33.7 Å². The van der Waals surface area contributed by atoms with Crippen molar-refractivity contribution >= 4 is 11.6 Å². The lowest BCUT2D eigenvalue weighted by Crippen LogP contribution is -2.31. The monoisotopic (exact) mass is 246 g/mol. The molecule has 1 aromatic rings. The molecular weight excluding hydrogens is 224 g/mol. The van der Waals surface area contributed by atoms with E-state index >= 15 is 0 Å². The van der Waals surface area contributed by atoms with Gasteiger partial charge in [-0.3, -0.25) is 0 Å². The second kappa shape index (κ2) is 5.85. The first-order chi connectivity index (χ1) is 8.74. The zero-order chi connectivity index (χ0) is 13.0. The van der Waals surface area contributed by atoms with Crippen LogP contribution in [0.4, 0.5) is 11.6 Å². The smallest absolute Gasteiger partial charge is 0.134 e. The molecule has 0 aromatic carbocycles. The molecule has 0 radical (unpaired) electrons. The van der Waals surface area contributed by atoms with Crippen LogP contribution in [0.2, 0.25) is 0 Å². The van der Waals surface area contributed by atoms with Gasteiger partial charge in [-0.15, -0.1) is 6.58 Å². The van der Waals surface area contributed by atoms with Crippen LogP contribution < -0.4 is 10.2 Å². The minimum atomic E-state index is 0.557. The number of nitrogens with one attached hydrogen (secondary N) is 1. The Morgan fingerprint density at radius 1 is 1.61 bits per heavy atom. The van der Waals surface area contributed by atoms with Crippen LogP contribution in [0.15, 0.2) is 25.0 Å². The summed E-state index contributed by atoms with van der Waals surface area (Å²) in [5.74, 6) is 2.47. The van der Waals surface area contributed by atoms with Gasteiger partial charge in [-0.05, 0) is 25.2 Å². The molecule has 1 aromatic heterocycles. The van der Waals surface area contributed by atoms with Crippen LogP contribution in [-0.4, -0.2) is 29.6 Å². The van der Waals surface area contributed by atoms with Crippen LogP contribution in [0.1, 0.15) is 26.2 Å². The number of nitrogens with zero attached hydrogens (tertiary/aromatic N) is 3. The molecule has 0 saturated carbocycles. The maximum atomic E-state index is 4.40. The van der Waals surface area contributed by atoms with Gasteiger partial charge >= 0.3 is 0 Å². The average Bonchev–Trinajstić information content (AvgIpc) is 2.86. The maximum Gasteiger partial charge on any atom is 0.134 e. The normalized spacial score (nSPS) is 20.8. The molecule has 0 spiro atoms. The molecule has 2 rings (SSSR count). The second-order valence-corrected chi connectivity index (χ2v) is 4.95. The van der Waals surface area contributed by atoms with Crippen LogP contribution in [0.5, 0.6) is 0 Å². The molecule has 4 heteroatoms. The predicted octanol–water partition coefficient (Wildman–Crippen LogP) is 2.70. The highest BCUT2D eigenvalue weighted by Gasteiger charge is 2.26. The highest BCUT2D eigenvalue weighted by atomic mass is 15.2. The van der Waals surface area contributed by atoms with Gasteiger partial charge in [-0.25, -0.2) is 9.97 Å². The molecule has 1 aliphatic rings. The van der Waals surface area contributed by atoms with Crippen molar-refractivity contribution in [3.05, 3.63) is 25.0 Å². The number of anilines is 2. The van der Waals surface area contributed by atoms with Crippen LogP contribution >= 0.6 is 0 Å². The van der Waals surface area contributed by atoms with Crippen LogP contribution in [0.3, 0.4) is 0 Å². The summed E-state index contributed by atoms with van der Waals surface area (Å²) in [7, 11) is 1.88. The number of rotatable bonds is 5. The topological polar surface area (TPSA) is 41.0 Å². The summed E-state index contributed by atoms with van der Waals surface area (Å²) in [5, 5.41) is 3.06. The second-order valence-electron chi connectivity index (χ2n) is 4.95. The van der Waals surface area contributed by atoms with Gasteiger partial charge in [0.25, 0.3) is 0 Å². The molecule has 98 valence electrons. The summed E-state index contributed by atoms with van der Waals surface area (Å²) < 4.78 is 0. The molecule has 0 amide bonds.